The van der Waals surface area contributed by atoms with Crippen LogP contribution in [0.25, 0.3) is 10.9 Å². The molecule has 0 fully saturated rings. The average molecular weight is 328 g/mol. The Balaban J connectivity index is 1.61. The van der Waals surface area contributed by atoms with Crippen LogP contribution in [0.1, 0.15) is 23.1 Å². The van der Waals surface area contributed by atoms with Gasteiger partial charge >= 0.3 is 0 Å². The molecular formula is C20H22ClNO. The first kappa shape index (κ1) is 15.9. The number of para-hydroxylation sites is 1. The summed E-state index contributed by atoms with van der Waals surface area (Å²) in [5, 5.41) is 2.17. The zero-order valence-corrected chi connectivity index (χ0v) is 14.7. The highest BCUT2D eigenvalue weighted by Crippen LogP contribution is 2.26. The predicted octanol–water partition coefficient (Wildman–Crippen LogP) is 5.46. The van der Waals surface area contributed by atoms with Gasteiger partial charge < -0.3 is 9.30 Å². The molecule has 120 valence electrons. The van der Waals surface area contributed by atoms with Crippen molar-refractivity contribution in [3.05, 3.63) is 64.3 Å². The number of nitrogens with zero attached hydrogens (tertiary/aromatic N) is 1. The average Bonchev–Trinajstić information content (AvgIpc) is 2.86. The lowest BCUT2D eigenvalue weighted by Gasteiger charge is -2.10. The third-order valence-electron chi connectivity index (χ3n) is 4.25. The molecule has 0 saturated heterocycles. The molecule has 0 atom stereocenters. The summed E-state index contributed by atoms with van der Waals surface area (Å²) >= 11 is 6.19. The lowest BCUT2D eigenvalue weighted by atomic mass is 10.1. The molecular weight excluding hydrogens is 306 g/mol. The number of rotatable bonds is 5. The summed E-state index contributed by atoms with van der Waals surface area (Å²) in [5.41, 5.74) is 4.80. The summed E-state index contributed by atoms with van der Waals surface area (Å²) < 4.78 is 8.09. The van der Waals surface area contributed by atoms with Crippen LogP contribution in [0.2, 0.25) is 5.02 Å². The van der Waals surface area contributed by atoms with Crippen LogP contribution in [0.4, 0.5) is 0 Å². The Labute approximate surface area is 142 Å². The van der Waals surface area contributed by atoms with E-state index in [2.05, 4.69) is 42.1 Å². The fraction of sp³-hybridized carbons (Fsp3) is 0.300. The monoisotopic (exact) mass is 327 g/mol. The van der Waals surface area contributed by atoms with Crippen LogP contribution < -0.4 is 4.74 Å². The second kappa shape index (κ2) is 6.67. The zero-order valence-electron chi connectivity index (χ0n) is 13.9. The van der Waals surface area contributed by atoms with E-state index in [-0.39, 0.29) is 0 Å². The van der Waals surface area contributed by atoms with E-state index in [1.807, 2.05) is 26.0 Å². The second-order valence-corrected chi connectivity index (χ2v) is 6.48. The molecule has 2 nitrogen and oxygen atoms in total. The Morgan fingerprint density at radius 3 is 2.52 bits per heavy atom. The number of aryl methyl sites for hydroxylation is 4. The molecule has 0 spiro atoms. The van der Waals surface area contributed by atoms with Gasteiger partial charge in [-0.15, -0.1) is 0 Å². The number of benzene rings is 2. The SMILES string of the molecule is Cc1cc(OCCCc2cn(C)c3ccccc23)cc(C)c1Cl. The summed E-state index contributed by atoms with van der Waals surface area (Å²) in [4.78, 5) is 0. The first-order valence-electron chi connectivity index (χ1n) is 7.99. The number of hydrogen-bond donors (Lipinski definition) is 0. The molecule has 0 unspecified atom stereocenters. The van der Waals surface area contributed by atoms with Crippen molar-refractivity contribution in [1.29, 1.82) is 0 Å². The molecule has 0 amide bonds. The van der Waals surface area contributed by atoms with Crippen molar-refractivity contribution in [1.82, 2.24) is 4.57 Å². The van der Waals surface area contributed by atoms with Gasteiger partial charge in [-0.25, -0.2) is 0 Å². The molecule has 0 N–H and O–H groups in total. The van der Waals surface area contributed by atoms with Crippen LogP contribution >= 0.6 is 11.6 Å². The minimum atomic E-state index is 0.712. The number of hydrogen-bond acceptors (Lipinski definition) is 1. The van der Waals surface area contributed by atoms with E-state index >= 15 is 0 Å². The number of fused-ring (bicyclic) bond motifs is 1. The highest BCUT2D eigenvalue weighted by Gasteiger charge is 2.06. The minimum Gasteiger partial charge on any atom is -0.494 e. The van der Waals surface area contributed by atoms with E-state index in [4.69, 9.17) is 16.3 Å². The zero-order chi connectivity index (χ0) is 16.4. The van der Waals surface area contributed by atoms with Gasteiger partial charge in [0.1, 0.15) is 5.75 Å². The van der Waals surface area contributed by atoms with Crippen molar-refractivity contribution < 1.29 is 4.74 Å². The Morgan fingerprint density at radius 1 is 1.09 bits per heavy atom. The number of aromatic nitrogens is 1. The highest BCUT2D eigenvalue weighted by atomic mass is 35.5. The topological polar surface area (TPSA) is 14.2 Å². The fourth-order valence-electron chi connectivity index (χ4n) is 3.07. The Morgan fingerprint density at radius 2 is 1.78 bits per heavy atom. The largest absolute Gasteiger partial charge is 0.494 e. The Bertz CT molecular complexity index is 812. The van der Waals surface area contributed by atoms with E-state index in [0.717, 1.165) is 34.7 Å². The van der Waals surface area contributed by atoms with Crippen LogP contribution in [0.15, 0.2) is 42.6 Å². The maximum absolute atomic E-state index is 6.19. The van der Waals surface area contributed by atoms with Crippen LogP contribution in [0.5, 0.6) is 5.75 Å². The number of halogens is 1. The molecule has 1 heterocycles. The summed E-state index contributed by atoms with van der Waals surface area (Å²) in [6.07, 6.45) is 4.24. The third-order valence-corrected chi connectivity index (χ3v) is 4.84. The van der Waals surface area contributed by atoms with Crippen LogP contribution in [0.3, 0.4) is 0 Å². The Hall–Kier alpha value is -1.93. The molecule has 0 aliphatic heterocycles. The first-order chi connectivity index (χ1) is 11.1. The lowest BCUT2D eigenvalue weighted by molar-refractivity contribution is 0.311. The molecule has 23 heavy (non-hydrogen) atoms. The summed E-state index contributed by atoms with van der Waals surface area (Å²) in [6, 6.07) is 12.6. The van der Waals surface area contributed by atoms with Gasteiger partial charge in [-0.1, -0.05) is 29.8 Å². The van der Waals surface area contributed by atoms with Gasteiger partial charge in [-0.3, -0.25) is 0 Å². The molecule has 2 aromatic carbocycles. The van der Waals surface area contributed by atoms with Gasteiger partial charge in [0, 0.05) is 29.2 Å². The smallest absolute Gasteiger partial charge is 0.119 e. The molecule has 0 aliphatic carbocycles. The van der Waals surface area contributed by atoms with E-state index in [1.165, 1.54) is 16.5 Å². The normalized spacial score (nSPS) is 11.1. The van der Waals surface area contributed by atoms with Crippen LogP contribution in [-0.4, -0.2) is 11.2 Å². The maximum Gasteiger partial charge on any atom is 0.119 e. The lowest BCUT2D eigenvalue weighted by Crippen LogP contribution is -2.00. The molecule has 0 radical (unpaired) electrons. The van der Waals surface area contributed by atoms with E-state index < -0.39 is 0 Å². The molecule has 0 bridgehead atoms. The summed E-state index contributed by atoms with van der Waals surface area (Å²) in [6.45, 7) is 4.74. The summed E-state index contributed by atoms with van der Waals surface area (Å²) in [7, 11) is 2.10. The van der Waals surface area contributed by atoms with Gasteiger partial charge in [0.2, 0.25) is 0 Å². The van der Waals surface area contributed by atoms with Crippen molar-refractivity contribution >= 4 is 22.5 Å². The quantitative estimate of drug-likeness (QED) is 0.567. The standard InChI is InChI=1S/C20H22ClNO/c1-14-11-17(12-15(2)20(14)21)23-10-6-7-16-13-22(3)19-9-5-4-8-18(16)19/h4-5,8-9,11-13H,6-7,10H2,1-3H3. The van der Waals surface area contributed by atoms with E-state index in [0.29, 0.717) is 6.61 Å². The molecule has 3 heteroatoms. The molecule has 3 rings (SSSR count). The minimum absolute atomic E-state index is 0.712. The third kappa shape index (κ3) is 3.37. The molecule has 0 saturated carbocycles. The second-order valence-electron chi connectivity index (χ2n) is 6.11. The highest BCUT2D eigenvalue weighted by molar-refractivity contribution is 6.32. The van der Waals surface area contributed by atoms with Crippen molar-refractivity contribution in [3.8, 4) is 5.75 Å². The maximum atomic E-state index is 6.19. The van der Waals surface area contributed by atoms with Gasteiger partial charge in [-0.2, -0.15) is 0 Å². The molecule has 3 aromatic rings. The number of ether oxygens (including phenoxy) is 1. The fourth-order valence-corrected chi connectivity index (χ4v) is 3.18. The molecule has 1 aromatic heterocycles. The summed E-state index contributed by atoms with van der Waals surface area (Å²) in [5.74, 6) is 0.905. The van der Waals surface area contributed by atoms with Crippen molar-refractivity contribution in [2.45, 2.75) is 26.7 Å². The van der Waals surface area contributed by atoms with E-state index in [1.54, 1.807) is 0 Å². The molecule has 0 aliphatic rings. The van der Waals surface area contributed by atoms with Crippen molar-refractivity contribution in [2.75, 3.05) is 6.61 Å². The first-order valence-corrected chi connectivity index (χ1v) is 8.36. The van der Waals surface area contributed by atoms with Crippen molar-refractivity contribution in [2.24, 2.45) is 7.05 Å². The van der Waals surface area contributed by atoms with Crippen LogP contribution in [0, 0.1) is 13.8 Å². The van der Waals surface area contributed by atoms with Gasteiger partial charge in [-0.05, 0) is 61.6 Å². The Kier molecular flexibility index (Phi) is 4.63. The van der Waals surface area contributed by atoms with Gasteiger partial charge in [0.15, 0.2) is 0 Å². The van der Waals surface area contributed by atoms with Gasteiger partial charge in [0.25, 0.3) is 0 Å². The predicted molar refractivity (Wildman–Crippen MR) is 97.7 cm³/mol. The van der Waals surface area contributed by atoms with Crippen molar-refractivity contribution in [3.63, 3.8) is 0 Å². The van der Waals surface area contributed by atoms with E-state index in [9.17, 15) is 0 Å². The van der Waals surface area contributed by atoms with Crippen LogP contribution in [-0.2, 0) is 13.5 Å². The van der Waals surface area contributed by atoms with Gasteiger partial charge in [0.05, 0.1) is 6.61 Å².